The molecule has 0 aromatic heterocycles. The zero-order valence-electron chi connectivity index (χ0n) is 16.7. The topological polar surface area (TPSA) is 60.4 Å². The number of hydrogen-bond donors (Lipinski definition) is 0. The Balaban J connectivity index is 2.02. The minimum absolute atomic E-state index is 0.0174. The summed E-state index contributed by atoms with van der Waals surface area (Å²) in [5.74, 6) is -1.01. The second-order valence-corrected chi connectivity index (χ2v) is 8.53. The van der Waals surface area contributed by atoms with Crippen molar-refractivity contribution in [2.24, 2.45) is 5.92 Å². The molecule has 4 nitrogen and oxygen atoms in total. The highest BCUT2D eigenvalue weighted by molar-refractivity contribution is 7.85. The Morgan fingerprint density at radius 2 is 1.64 bits per heavy atom. The van der Waals surface area contributed by atoms with Gasteiger partial charge in [0.05, 0.1) is 23.3 Å². The molecular weight excluding hydrogens is 372 g/mol. The monoisotopic (exact) mass is 400 g/mol. The molecule has 0 heterocycles. The van der Waals surface area contributed by atoms with E-state index in [0.717, 1.165) is 5.56 Å². The molecule has 0 aliphatic carbocycles. The molecule has 3 atom stereocenters. The zero-order valence-corrected chi connectivity index (χ0v) is 17.5. The van der Waals surface area contributed by atoms with Crippen LogP contribution < -0.4 is 0 Å². The maximum absolute atomic E-state index is 12.6. The van der Waals surface area contributed by atoms with Crippen LogP contribution in [-0.4, -0.2) is 28.3 Å². The molecule has 5 heteroatoms. The highest BCUT2D eigenvalue weighted by Crippen LogP contribution is 2.22. The van der Waals surface area contributed by atoms with E-state index in [2.05, 4.69) is 0 Å². The molecule has 0 aliphatic rings. The molecule has 0 amide bonds. The average Bonchev–Trinajstić information content (AvgIpc) is 2.68. The van der Waals surface area contributed by atoms with Crippen molar-refractivity contribution in [1.82, 2.24) is 0 Å². The molecule has 2 rings (SSSR count). The zero-order chi connectivity index (χ0) is 20.5. The van der Waals surface area contributed by atoms with Gasteiger partial charge in [-0.15, -0.1) is 0 Å². The number of hydrogen-bond acceptors (Lipinski definition) is 4. The molecule has 0 bridgehead atoms. The Bertz CT molecular complexity index is 799. The van der Waals surface area contributed by atoms with Gasteiger partial charge in [-0.25, -0.2) is 0 Å². The Morgan fingerprint density at radius 1 is 1.00 bits per heavy atom. The summed E-state index contributed by atoms with van der Waals surface area (Å²) in [6, 6.07) is 17.1. The van der Waals surface area contributed by atoms with Crippen LogP contribution in [0.1, 0.15) is 43.7 Å². The molecule has 0 fully saturated rings. The molecule has 0 spiro atoms. The number of rotatable bonds is 10. The summed E-state index contributed by atoms with van der Waals surface area (Å²) >= 11 is 0. The van der Waals surface area contributed by atoms with Crippen molar-refractivity contribution in [1.29, 1.82) is 0 Å². The molecule has 0 saturated heterocycles. The largest absolute Gasteiger partial charge is 0.466 e. The number of benzene rings is 2. The fraction of sp³-hybridized carbons (Fsp3) is 0.391. The molecule has 0 aliphatic heterocycles. The van der Waals surface area contributed by atoms with E-state index < -0.39 is 22.7 Å². The van der Waals surface area contributed by atoms with Crippen LogP contribution in [0.4, 0.5) is 0 Å². The van der Waals surface area contributed by atoms with Crippen LogP contribution in [0.5, 0.6) is 0 Å². The second-order valence-electron chi connectivity index (χ2n) is 7.03. The first-order valence-corrected chi connectivity index (χ1v) is 10.9. The number of ether oxygens (including phenoxy) is 1. The van der Waals surface area contributed by atoms with Crippen LogP contribution in [0, 0.1) is 12.8 Å². The third-order valence-electron chi connectivity index (χ3n) is 4.63. The Morgan fingerprint density at radius 3 is 2.25 bits per heavy atom. The van der Waals surface area contributed by atoms with Gasteiger partial charge in [-0.05, 0) is 37.5 Å². The number of ketones is 1. The highest BCUT2D eigenvalue weighted by Gasteiger charge is 2.26. The van der Waals surface area contributed by atoms with Crippen molar-refractivity contribution < 1.29 is 18.5 Å². The van der Waals surface area contributed by atoms with Gasteiger partial charge in [0.1, 0.15) is 5.78 Å². The quantitative estimate of drug-likeness (QED) is 0.554. The average molecular weight is 401 g/mol. The number of carbonyl (C=O) groups is 2. The van der Waals surface area contributed by atoms with E-state index in [1.807, 2.05) is 44.2 Å². The molecule has 150 valence electrons. The lowest BCUT2D eigenvalue weighted by Crippen LogP contribution is -2.26. The maximum Gasteiger partial charge on any atom is 0.310 e. The van der Waals surface area contributed by atoms with Crippen LogP contribution in [0.2, 0.25) is 0 Å². The van der Waals surface area contributed by atoms with Crippen molar-refractivity contribution in [2.45, 2.75) is 44.4 Å². The molecule has 3 unspecified atom stereocenters. The third-order valence-corrected chi connectivity index (χ3v) is 6.14. The van der Waals surface area contributed by atoms with E-state index in [1.54, 1.807) is 31.2 Å². The van der Waals surface area contributed by atoms with Crippen LogP contribution >= 0.6 is 0 Å². The van der Waals surface area contributed by atoms with Gasteiger partial charge in [0, 0.05) is 23.5 Å². The smallest absolute Gasteiger partial charge is 0.310 e. The van der Waals surface area contributed by atoms with E-state index in [4.69, 9.17) is 4.74 Å². The first-order valence-electron chi connectivity index (χ1n) is 9.59. The summed E-state index contributed by atoms with van der Waals surface area (Å²) < 4.78 is 17.7. The molecule has 0 N–H and O–H groups in total. The van der Waals surface area contributed by atoms with E-state index in [-0.39, 0.29) is 30.5 Å². The number of carbonyl (C=O) groups excluding carboxylic acids is 2. The van der Waals surface area contributed by atoms with Crippen molar-refractivity contribution in [2.75, 3.05) is 12.4 Å². The molecular formula is C23H28O4S. The standard InChI is InChI=1S/C23H28O4S/c1-4-27-23(25)20(16-28(26)22-8-6-5-7-9-22)15-21(24)14-18(3)19-12-10-17(2)11-13-19/h5-13,18,20H,4,14-16H2,1-3H3. The molecule has 0 radical (unpaired) electrons. The van der Waals surface area contributed by atoms with Gasteiger partial charge in [-0.1, -0.05) is 55.0 Å². The lowest BCUT2D eigenvalue weighted by Gasteiger charge is -2.17. The fourth-order valence-electron chi connectivity index (χ4n) is 3.03. The van der Waals surface area contributed by atoms with Gasteiger partial charge in [0.2, 0.25) is 0 Å². The third kappa shape index (κ3) is 6.71. The maximum atomic E-state index is 12.6. The summed E-state index contributed by atoms with van der Waals surface area (Å²) in [4.78, 5) is 25.6. The van der Waals surface area contributed by atoms with Gasteiger partial charge in [0.25, 0.3) is 0 Å². The lowest BCUT2D eigenvalue weighted by molar-refractivity contribution is -0.148. The lowest BCUT2D eigenvalue weighted by atomic mass is 9.92. The predicted octanol–water partition coefficient (Wildman–Crippen LogP) is 4.43. The van der Waals surface area contributed by atoms with Gasteiger partial charge in [0.15, 0.2) is 0 Å². The van der Waals surface area contributed by atoms with Crippen molar-refractivity contribution in [3.8, 4) is 0 Å². The minimum atomic E-state index is -1.36. The van der Waals surface area contributed by atoms with Crippen LogP contribution in [0.3, 0.4) is 0 Å². The van der Waals surface area contributed by atoms with Gasteiger partial charge in [-0.3, -0.25) is 13.8 Å². The number of aryl methyl sites for hydroxylation is 1. The van der Waals surface area contributed by atoms with E-state index >= 15 is 0 Å². The predicted molar refractivity (Wildman–Crippen MR) is 112 cm³/mol. The summed E-state index contributed by atoms with van der Waals surface area (Å²) in [5, 5.41) is 0. The summed E-state index contributed by atoms with van der Waals surface area (Å²) in [7, 11) is -1.36. The van der Waals surface area contributed by atoms with E-state index in [9.17, 15) is 13.8 Å². The molecule has 2 aromatic carbocycles. The van der Waals surface area contributed by atoms with Crippen molar-refractivity contribution in [3.63, 3.8) is 0 Å². The Labute approximate surface area is 169 Å². The summed E-state index contributed by atoms with van der Waals surface area (Å²) in [5.41, 5.74) is 2.27. The van der Waals surface area contributed by atoms with Crippen molar-refractivity contribution >= 4 is 22.6 Å². The van der Waals surface area contributed by atoms with E-state index in [1.165, 1.54) is 5.56 Å². The van der Waals surface area contributed by atoms with Gasteiger partial charge < -0.3 is 4.74 Å². The second kappa shape index (κ2) is 10.9. The number of esters is 1. The Hall–Kier alpha value is -2.27. The Kier molecular flexibility index (Phi) is 8.58. The molecule has 28 heavy (non-hydrogen) atoms. The first-order chi connectivity index (χ1) is 13.4. The fourth-order valence-corrected chi connectivity index (χ4v) is 4.31. The van der Waals surface area contributed by atoms with Crippen LogP contribution in [-0.2, 0) is 25.1 Å². The SMILES string of the molecule is CCOC(=O)C(CC(=O)CC(C)c1ccc(C)cc1)CS(=O)c1ccccc1. The first kappa shape index (κ1) is 22.0. The van der Waals surface area contributed by atoms with Gasteiger partial charge >= 0.3 is 5.97 Å². The van der Waals surface area contributed by atoms with Gasteiger partial charge in [-0.2, -0.15) is 0 Å². The van der Waals surface area contributed by atoms with Crippen LogP contribution in [0.25, 0.3) is 0 Å². The minimum Gasteiger partial charge on any atom is -0.466 e. The summed E-state index contributed by atoms with van der Waals surface area (Å²) in [6.07, 6.45) is 0.393. The normalized spacial score (nSPS) is 14.1. The summed E-state index contributed by atoms with van der Waals surface area (Å²) in [6.45, 7) is 5.99. The highest BCUT2D eigenvalue weighted by atomic mass is 32.2. The van der Waals surface area contributed by atoms with Crippen LogP contribution in [0.15, 0.2) is 59.5 Å². The number of Topliss-reactive ketones (excluding diaryl/α,β-unsaturated/α-hetero) is 1. The molecule has 2 aromatic rings. The van der Waals surface area contributed by atoms with E-state index in [0.29, 0.717) is 11.3 Å². The molecule has 0 saturated carbocycles. The van der Waals surface area contributed by atoms with Crippen molar-refractivity contribution in [3.05, 3.63) is 65.7 Å².